The molecule has 0 radical (unpaired) electrons. The number of likely N-dealkylation sites (tertiary alicyclic amines) is 1. The molecule has 3 heterocycles. The molecule has 0 aliphatic carbocycles. The Kier molecular flexibility index (Phi) is 5.02. The summed E-state index contributed by atoms with van der Waals surface area (Å²) in [7, 11) is 0. The molecule has 1 atom stereocenters. The second-order valence-electron chi connectivity index (χ2n) is 5.88. The molecule has 1 amide bonds. The summed E-state index contributed by atoms with van der Waals surface area (Å²) in [6.45, 7) is 3.98. The molecule has 23 heavy (non-hydrogen) atoms. The highest BCUT2D eigenvalue weighted by atomic mass is 16.5. The largest absolute Gasteiger partial charge is 0.373 e. The Morgan fingerprint density at radius 3 is 2.83 bits per heavy atom. The average Bonchev–Trinajstić information content (AvgIpc) is 3.15. The number of carbonyl (C=O) groups is 1. The van der Waals surface area contributed by atoms with E-state index in [0.717, 1.165) is 31.5 Å². The monoisotopic (exact) mass is 314 g/mol. The van der Waals surface area contributed by atoms with Crippen LogP contribution in [0.2, 0.25) is 0 Å². The van der Waals surface area contributed by atoms with Gasteiger partial charge in [0.05, 0.1) is 19.0 Å². The van der Waals surface area contributed by atoms with Crippen LogP contribution >= 0.6 is 0 Å². The zero-order valence-corrected chi connectivity index (χ0v) is 13.3. The maximum Gasteiger partial charge on any atom is 0.245 e. The molecular formula is C17H22N4O2. The van der Waals surface area contributed by atoms with Gasteiger partial charge in [0.25, 0.3) is 0 Å². The van der Waals surface area contributed by atoms with Gasteiger partial charge in [-0.1, -0.05) is 6.07 Å². The number of carbonyl (C=O) groups excluding carboxylic acids is 1. The van der Waals surface area contributed by atoms with Gasteiger partial charge in [-0.2, -0.15) is 0 Å². The van der Waals surface area contributed by atoms with Crippen molar-refractivity contribution in [2.45, 2.75) is 38.5 Å². The van der Waals surface area contributed by atoms with Crippen molar-refractivity contribution >= 4 is 5.91 Å². The number of hydrogen-bond acceptors (Lipinski definition) is 4. The Morgan fingerprint density at radius 2 is 2.17 bits per heavy atom. The van der Waals surface area contributed by atoms with E-state index in [9.17, 15) is 4.79 Å². The van der Waals surface area contributed by atoms with Gasteiger partial charge in [0, 0.05) is 37.9 Å². The molecule has 1 saturated heterocycles. The molecule has 122 valence electrons. The summed E-state index contributed by atoms with van der Waals surface area (Å²) in [5.74, 6) is 0.147. The number of imidazole rings is 1. The zero-order valence-electron chi connectivity index (χ0n) is 13.3. The third-order valence-electron chi connectivity index (χ3n) is 4.29. The molecule has 1 fully saturated rings. The van der Waals surface area contributed by atoms with Gasteiger partial charge in [-0.25, -0.2) is 4.98 Å². The van der Waals surface area contributed by atoms with Crippen molar-refractivity contribution in [3.8, 4) is 0 Å². The molecule has 0 aromatic carbocycles. The van der Waals surface area contributed by atoms with E-state index >= 15 is 0 Å². The summed E-state index contributed by atoms with van der Waals surface area (Å²) in [5, 5.41) is 0. The minimum atomic E-state index is -0.203. The Bertz CT molecular complexity index is 607. The lowest BCUT2D eigenvalue weighted by Crippen LogP contribution is -2.43. The maximum absolute atomic E-state index is 12.5. The number of pyridine rings is 1. The summed E-state index contributed by atoms with van der Waals surface area (Å²) in [6.07, 6.45) is 10.8. The number of piperidine rings is 1. The third kappa shape index (κ3) is 3.96. The van der Waals surface area contributed by atoms with Crippen LogP contribution in [0, 0.1) is 0 Å². The number of rotatable bonds is 5. The zero-order chi connectivity index (χ0) is 16.1. The van der Waals surface area contributed by atoms with Crippen molar-refractivity contribution in [3.05, 3.63) is 48.8 Å². The fourth-order valence-corrected chi connectivity index (χ4v) is 2.83. The predicted molar refractivity (Wildman–Crippen MR) is 85.6 cm³/mol. The first-order valence-electron chi connectivity index (χ1n) is 8.01. The van der Waals surface area contributed by atoms with E-state index in [1.807, 2.05) is 40.9 Å². The molecule has 0 saturated carbocycles. The number of amides is 1. The van der Waals surface area contributed by atoms with E-state index in [4.69, 9.17) is 4.74 Å². The van der Waals surface area contributed by atoms with E-state index < -0.39 is 0 Å². The normalized spacial score (nSPS) is 17.2. The highest BCUT2D eigenvalue weighted by molar-refractivity contribution is 5.80. The summed E-state index contributed by atoms with van der Waals surface area (Å²) < 4.78 is 7.78. The lowest BCUT2D eigenvalue weighted by atomic mass is 10.1. The fraction of sp³-hybridized carbons (Fsp3) is 0.471. The predicted octanol–water partition coefficient (Wildman–Crippen LogP) is 2.05. The minimum absolute atomic E-state index is 0.147. The molecule has 0 N–H and O–H groups in total. The van der Waals surface area contributed by atoms with Crippen LogP contribution in [0.5, 0.6) is 0 Å². The second kappa shape index (κ2) is 7.37. The molecule has 2 aromatic rings. The van der Waals surface area contributed by atoms with Gasteiger partial charge >= 0.3 is 0 Å². The summed E-state index contributed by atoms with van der Waals surface area (Å²) in [5.41, 5.74) is 1.08. The summed E-state index contributed by atoms with van der Waals surface area (Å²) in [4.78, 5) is 22.5. The van der Waals surface area contributed by atoms with Gasteiger partial charge in [-0.3, -0.25) is 9.78 Å². The van der Waals surface area contributed by atoms with Crippen LogP contribution in [-0.4, -0.2) is 44.5 Å². The van der Waals surface area contributed by atoms with Crippen LogP contribution in [0.1, 0.15) is 31.4 Å². The van der Waals surface area contributed by atoms with Crippen molar-refractivity contribution < 1.29 is 9.53 Å². The molecule has 0 unspecified atom stereocenters. The average molecular weight is 314 g/mol. The number of hydrogen-bond donors (Lipinski definition) is 0. The molecule has 6 nitrogen and oxygen atoms in total. The second-order valence-corrected chi connectivity index (χ2v) is 5.88. The first-order valence-corrected chi connectivity index (χ1v) is 8.01. The Hall–Kier alpha value is -2.21. The number of nitrogens with zero attached hydrogens (tertiary/aromatic N) is 4. The van der Waals surface area contributed by atoms with Gasteiger partial charge in [-0.05, 0) is 31.4 Å². The van der Waals surface area contributed by atoms with Crippen molar-refractivity contribution in [2.24, 2.45) is 0 Å². The van der Waals surface area contributed by atoms with Gasteiger partial charge in [0.2, 0.25) is 5.91 Å². The van der Waals surface area contributed by atoms with Gasteiger partial charge < -0.3 is 14.2 Å². The first-order chi connectivity index (χ1) is 11.2. The van der Waals surface area contributed by atoms with Crippen LogP contribution in [0.4, 0.5) is 0 Å². The van der Waals surface area contributed by atoms with Gasteiger partial charge in [-0.15, -0.1) is 0 Å². The van der Waals surface area contributed by atoms with Crippen LogP contribution in [0.3, 0.4) is 0 Å². The Labute approximate surface area is 136 Å². The highest BCUT2D eigenvalue weighted by Gasteiger charge is 2.26. The van der Waals surface area contributed by atoms with Crippen molar-refractivity contribution in [3.63, 3.8) is 0 Å². The van der Waals surface area contributed by atoms with Gasteiger partial charge in [0.1, 0.15) is 6.04 Å². The van der Waals surface area contributed by atoms with E-state index in [1.54, 1.807) is 18.7 Å². The van der Waals surface area contributed by atoms with Gasteiger partial charge in [0.15, 0.2) is 0 Å². The molecule has 0 bridgehead atoms. The smallest absolute Gasteiger partial charge is 0.245 e. The lowest BCUT2D eigenvalue weighted by molar-refractivity contribution is -0.137. The van der Waals surface area contributed by atoms with Crippen LogP contribution in [-0.2, 0) is 16.1 Å². The molecule has 1 aliphatic rings. The molecule has 6 heteroatoms. The number of aromatic nitrogens is 3. The number of ether oxygens (including phenoxy) is 1. The summed E-state index contributed by atoms with van der Waals surface area (Å²) >= 11 is 0. The Balaban J connectivity index is 1.45. The van der Waals surface area contributed by atoms with Crippen LogP contribution in [0.25, 0.3) is 0 Å². The Morgan fingerprint density at radius 1 is 1.35 bits per heavy atom. The topological polar surface area (TPSA) is 60.3 Å². The highest BCUT2D eigenvalue weighted by Crippen LogP contribution is 2.19. The van der Waals surface area contributed by atoms with E-state index in [2.05, 4.69) is 9.97 Å². The van der Waals surface area contributed by atoms with Crippen molar-refractivity contribution in [1.82, 2.24) is 19.4 Å². The fourth-order valence-electron chi connectivity index (χ4n) is 2.83. The van der Waals surface area contributed by atoms with Crippen LogP contribution in [0.15, 0.2) is 43.2 Å². The van der Waals surface area contributed by atoms with Crippen molar-refractivity contribution in [1.29, 1.82) is 0 Å². The molecule has 2 aromatic heterocycles. The molecular weight excluding hydrogens is 292 g/mol. The maximum atomic E-state index is 12.5. The van der Waals surface area contributed by atoms with E-state index in [0.29, 0.717) is 6.61 Å². The van der Waals surface area contributed by atoms with Crippen LogP contribution < -0.4 is 0 Å². The van der Waals surface area contributed by atoms with Crippen molar-refractivity contribution in [2.75, 3.05) is 13.1 Å². The first kappa shape index (κ1) is 15.7. The molecule has 3 rings (SSSR count). The minimum Gasteiger partial charge on any atom is -0.373 e. The lowest BCUT2D eigenvalue weighted by Gasteiger charge is -2.33. The quantitative estimate of drug-likeness (QED) is 0.847. The molecule has 0 spiro atoms. The third-order valence-corrected chi connectivity index (χ3v) is 4.29. The summed E-state index contributed by atoms with van der Waals surface area (Å²) in [6, 6.07) is 3.72. The van der Waals surface area contributed by atoms with E-state index in [1.165, 1.54) is 0 Å². The molecule has 1 aliphatic heterocycles. The SMILES string of the molecule is C[C@H](C(=O)N1CCC(OCc2cccnc2)CC1)n1ccnc1. The van der Waals surface area contributed by atoms with E-state index in [-0.39, 0.29) is 18.1 Å². The standard InChI is InChI=1S/C17H22N4O2/c1-14(21-10-7-19-13-21)17(22)20-8-4-16(5-9-20)23-12-15-3-2-6-18-11-15/h2-3,6-7,10-11,13-14,16H,4-5,8-9,12H2,1H3/t14-/m1/s1.